The van der Waals surface area contributed by atoms with E-state index in [4.69, 9.17) is 5.53 Å². The van der Waals surface area contributed by atoms with Gasteiger partial charge in [-0.3, -0.25) is 0 Å². The largest absolute Gasteiger partial charge is 0.317 e. The second-order valence-corrected chi connectivity index (χ2v) is 5.05. The lowest BCUT2D eigenvalue weighted by Crippen LogP contribution is -2.46. The monoisotopic (exact) mass is 259 g/mol. The summed E-state index contributed by atoms with van der Waals surface area (Å²) >= 11 is 0. The molecule has 17 heavy (non-hydrogen) atoms. The molecule has 5 nitrogen and oxygen atoms in total. The Bertz CT molecular complexity index is 261. The van der Waals surface area contributed by atoms with Crippen molar-refractivity contribution in [1.29, 1.82) is 0 Å². The molecule has 98 valence electrons. The number of nitrogens with one attached hydrogen (secondary N) is 1. The first-order valence-corrected chi connectivity index (χ1v) is 6.29. The zero-order valence-electron chi connectivity index (χ0n) is 10.3. The van der Waals surface area contributed by atoms with Crippen LogP contribution in [0.2, 0.25) is 0 Å². The molecule has 0 aromatic carbocycles. The summed E-state index contributed by atoms with van der Waals surface area (Å²) in [4.78, 5) is 5.23. The zero-order chi connectivity index (χ0) is 11.3. The van der Waals surface area contributed by atoms with Crippen LogP contribution in [0.3, 0.4) is 0 Å². The van der Waals surface area contributed by atoms with Crippen molar-refractivity contribution in [2.75, 3.05) is 39.3 Å². The highest BCUT2D eigenvalue weighted by molar-refractivity contribution is 5.85. The predicted octanol–water partition coefficient (Wildman–Crippen LogP) is 2.18. The average molecular weight is 260 g/mol. The second-order valence-electron chi connectivity index (χ2n) is 5.05. The fraction of sp³-hybridized carbons (Fsp3) is 1.00. The Hall–Kier alpha value is -0.480. The number of halogens is 1. The summed E-state index contributed by atoms with van der Waals surface area (Å²) in [7, 11) is 0. The maximum absolute atomic E-state index is 8.23. The van der Waals surface area contributed by atoms with Crippen molar-refractivity contribution >= 4 is 12.4 Å². The number of rotatable bonds is 3. The summed E-state index contributed by atoms with van der Waals surface area (Å²) in [6.07, 6.45) is 5.34. The van der Waals surface area contributed by atoms with Gasteiger partial charge >= 0.3 is 0 Å². The quantitative estimate of drug-likeness (QED) is 0.480. The Morgan fingerprint density at radius 2 is 1.82 bits per heavy atom. The number of likely N-dealkylation sites (tertiary alicyclic amines) is 1. The first-order valence-electron chi connectivity index (χ1n) is 6.29. The van der Waals surface area contributed by atoms with Crippen LogP contribution in [0.15, 0.2) is 5.11 Å². The van der Waals surface area contributed by atoms with Crippen molar-refractivity contribution in [2.45, 2.75) is 25.7 Å². The molecular weight excluding hydrogens is 238 g/mol. The van der Waals surface area contributed by atoms with Crippen molar-refractivity contribution in [3.8, 4) is 0 Å². The van der Waals surface area contributed by atoms with E-state index in [0.29, 0.717) is 12.0 Å². The minimum atomic E-state index is 0. The highest BCUT2D eigenvalue weighted by Gasteiger charge is 2.35. The minimum Gasteiger partial charge on any atom is -0.317 e. The third-order valence-corrected chi connectivity index (χ3v) is 4.16. The molecule has 2 saturated heterocycles. The van der Waals surface area contributed by atoms with Crippen molar-refractivity contribution < 1.29 is 0 Å². The molecule has 1 N–H and O–H groups in total. The Morgan fingerprint density at radius 1 is 1.18 bits per heavy atom. The highest BCUT2D eigenvalue weighted by atomic mass is 35.5. The summed E-state index contributed by atoms with van der Waals surface area (Å²) < 4.78 is 0. The predicted molar refractivity (Wildman–Crippen MR) is 71.5 cm³/mol. The molecule has 6 heteroatoms. The van der Waals surface area contributed by atoms with Crippen LogP contribution < -0.4 is 5.32 Å². The molecule has 1 spiro atoms. The molecule has 2 aliphatic rings. The van der Waals surface area contributed by atoms with Gasteiger partial charge in [0.15, 0.2) is 0 Å². The van der Waals surface area contributed by atoms with Crippen LogP contribution in [0.1, 0.15) is 25.7 Å². The first-order chi connectivity index (χ1) is 7.85. The molecule has 0 unspecified atom stereocenters. The van der Waals surface area contributed by atoms with Crippen LogP contribution in [0, 0.1) is 5.41 Å². The van der Waals surface area contributed by atoms with E-state index in [9.17, 15) is 0 Å². The van der Waals surface area contributed by atoms with Crippen LogP contribution in [0.25, 0.3) is 10.4 Å². The molecule has 0 atom stereocenters. The standard InChI is InChI=1S/C11H21N5.ClH/c12-15-14-7-10-16-8-3-11(4-9-16)1-5-13-6-2-11;/h13H,1-10H2;1H. The lowest BCUT2D eigenvalue weighted by molar-refractivity contribution is 0.0757. The SMILES string of the molecule is Cl.[N-]=[N+]=NCCN1CCC2(CCNCC2)CC1. The van der Waals surface area contributed by atoms with E-state index in [1.165, 1.54) is 51.9 Å². The molecule has 0 amide bonds. The molecule has 0 saturated carbocycles. The maximum atomic E-state index is 8.23. The van der Waals surface area contributed by atoms with E-state index >= 15 is 0 Å². The molecule has 2 rings (SSSR count). The lowest BCUT2D eigenvalue weighted by atomic mass is 9.71. The summed E-state index contributed by atoms with van der Waals surface area (Å²) in [5.41, 5.74) is 8.85. The van der Waals surface area contributed by atoms with Crippen molar-refractivity contribution in [1.82, 2.24) is 10.2 Å². The van der Waals surface area contributed by atoms with E-state index in [0.717, 1.165) is 6.54 Å². The van der Waals surface area contributed by atoms with E-state index in [1.807, 2.05) is 0 Å². The van der Waals surface area contributed by atoms with Gasteiger partial charge < -0.3 is 10.2 Å². The van der Waals surface area contributed by atoms with Crippen LogP contribution in [-0.2, 0) is 0 Å². The molecule has 0 aromatic heterocycles. The van der Waals surface area contributed by atoms with Gasteiger partial charge in [-0.2, -0.15) is 0 Å². The average Bonchev–Trinajstić information content (AvgIpc) is 2.33. The van der Waals surface area contributed by atoms with E-state index in [1.54, 1.807) is 0 Å². The molecule has 0 bridgehead atoms. The Balaban J connectivity index is 0.00000144. The molecule has 2 fully saturated rings. The van der Waals surface area contributed by atoms with Gasteiger partial charge in [-0.15, -0.1) is 12.4 Å². The molecule has 0 aromatic rings. The highest BCUT2D eigenvalue weighted by Crippen LogP contribution is 2.39. The second kappa shape index (κ2) is 7.07. The maximum Gasteiger partial charge on any atom is 0.0385 e. The van der Waals surface area contributed by atoms with Gasteiger partial charge in [0.2, 0.25) is 0 Å². The minimum absolute atomic E-state index is 0. The van der Waals surface area contributed by atoms with Crippen molar-refractivity contribution in [2.24, 2.45) is 10.5 Å². The molecular formula is C11H22ClN5. The summed E-state index contributed by atoms with van der Waals surface area (Å²) in [5.74, 6) is 0. The van der Waals surface area contributed by atoms with Crippen molar-refractivity contribution in [3.63, 3.8) is 0 Å². The summed E-state index contributed by atoms with van der Waals surface area (Å²) in [5, 5.41) is 7.04. The third-order valence-electron chi connectivity index (χ3n) is 4.16. The van der Waals surface area contributed by atoms with E-state index < -0.39 is 0 Å². The van der Waals surface area contributed by atoms with Gasteiger partial charge in [0, 0.05) is 18.0 Å². The Kier molecular flexibility index (Phi) is 6.06. The van der Waals surface area contributed by atoms with E-state index in [-0.39, 0.29) is 12.4 Å². The molecule has 2 heterocycles. The first kappa shape index (κ1) is 14.6. The number of hydrogen-bond acceptors (Lipinski definition) is 3. The molecule has 0 aliphatic carbocycles. The third kappa shape index (κ3) is 4.03. The van der Waals surface area contributed by atoms with Gasteiger partial charge in [-0.1, -0.05) is 5.11 Å². The fourth-order valence-corrected chi connectivity index (χ4v) is 2.94. The number of piperidine rings is 2. The number of azide groups is 1. The van der Waals surface area contributed by atoms with Gasteiger partial charge in [-0.25, -0.2) is 0 Å². The lowest BCUT2D eigenvalue weighted by Gasteiger charge is -2.44. The number of hydrogen-bond donors (Lipinski definition) is 1. The van der Waals surface area contributed by atoms with Gasteiger partial charge in [0.05, 0.1) is 0 Å². The topological polar surface area (TPSA) is 64.0 Å². The van der Waals surface area contributed by atoms with Crippen LogP contribution in [-0.4, -0.2) is 44.2 Å². The zero-order valence-corrected chi connectivity index (χ0v) is 11.1. The van der Waals surface area contributed by atoms with Gasteiger partial charge in [0.25, 0.3) is 0 Å². The normalized spacial score (nSPS) is 23.8. The van der Waals surface area contributed by atoms with Crippen LogP contribution in [0.4, 0.5) is 0 Å². The number of nitrogens with zero attached hydrogens (tertiary/aromatic N) is 4. The smallest absolute Gasteiger partial charge is 0.0385 e. The van der Waals surface area contributed by atoms with Gasteiger partial charge in [0.1, 0.15) is 0 Å². The molecule has 0 radical (unpaired) electrons. The Morgan fingerprint density at radius 3 is 2.41 bits per heavy atom. The van der Waals surface area contributed by atoms with Crippen LogP contribution >= 0.6 is 12.4 Å². The Labute approximate surface area is 109 Å². The van der Waals surface area contributed by atoms with Crippen LogP contribution in [0.5, 0.6) is 0 Å². The molecule has 2 aliphatic heterocycles. The van der Waals surface area contributed by atoms with Gasteiger partial charge in [-0.05, 0) is 62.8 Å². The van der Waals surface area contributed by atoms with E-state index in [2.05, 4.69) is 20.2 Å². The fourth-order valence-electron chi connectivity index (χ4n) is 2.94. The van der Waals surface area contributed by atoms with Crippen molar-refractivity contribution in [3.05, 3.63) is 10.4 Å². The summed E-state index contributed by atoms with van der Waals surface area (Å²) in [6, 6.07) is 0. The summed E-state index contributed by atoms with van der Waals surface area (Å²) in [6.45, 7) is 6.29.